The van der Waals surface area contributed by atoms with Gasteiger partial charge in [0.2, 0.25) is 5.91 Å². The van der Waals surface area contributed by atoms with Gasteiger partial charge in [-0.2, -0.15) is 0 Å². The van der Waals surface area contributed by atoms with E-state index >= 15 is 0 Å². The van der Waals surface area contributed by atoms with Crippen LogP contribution in [-0.2, 0) is 44.1 Å². The maximum absolute atomic E-state index is 14.8. The molecule has 0 spiro atoms. The number of imide groups is 1. The van der Waals surface area contributed by atoms with Gasteiger partial charge in [-0.25, -0.2) is 14.5 Å². The summed E-state index contributed by atoms with van der Waals surface area (Å²) in [4.78, 5) is 58.0. The molecule has 2 heterocycles. The molecule has 0 radical (unpaired) electrons. The number of rotatable bonds is 20. The fourth-order valence-electron chi connectivity index (χ4n) is 9.56. The molecule has 3 aromatic rings. The Morgan fingerprint density at radius 1 is 0.938 bits per heavy atom. The van der Waals surface area contributed by atoms with Crippen molar-refractivity contribution in [3.8, 4) is 0 Å². The van der Waals surface area contributed by atoms with E-state index in [2.05, 4.69) is 82.8 Å². The van der Waals surface area contributed by atoms with Gasteiger partial charge in [-0.05, 0) is 86.4 Å². The van der Waals surface area contributed by atoms with Gasteiger partial charge in [0.05, 0.1) is 37.3 Å². The molecular formula is C51H70N2O10Si. The number of amides is 2. The molecule has 12 nitrogen and oxygen atoms in total. The minimum absolute atomic E-state index is 0.0305. The molecule has 348 valence electrons. The van der Waals surface area contributed by atoms with E-state index in [0.29, 0.717) is 32.3 Å². The monoisotopic (exact) mass is 898 g/mol. The lowest BCUT2D eigenvalue weighted by molar-refractivity contribution is -0.280. The number of hydrogen-bond donors (Lipinski definition) is 0. The van der Waals surface area contributed by atoms with Gasteiger partial charge in [0.25, 0.3) is 8.32 Å². The number of cyclic esters (lactones) is 1. The van der Waals surface area contributed by atoms with E-state index in [4.69, 9.17) is 28.1 Å². The van der Waals surface area contributed by atoms with Gasteiger partial charge in [0.15, 0.2) is 12.4 Å². The van der Waals surface area contributed by atoms with Crippen LogP contribution in [-0.4, -0.2) is 113 Å². The van der Waals surface area contributed by atoms with E-state index in [0.717, 1.165) is 10.5 Å². The Bertz CT molecular complexity index is 1950. The number of methoxy groups -OCH3 is 1. The molecule has 5 rings (SSSR count). The first kappa shape index (κ1) is 50.3. The molecule has 0 bridgehead atoms. The van der Waals surface area contributed by atoms with Gasteiger partial charge in [0.1, 0.15) is 12.4 Å². The first-order valence-electron chi connectivity index (χ1n) is 22.6. The highest BCUT2D eigenvalue weighted by Gasteiger charge is 2.51. The van der Waals surface area contributed by atoms with Crippen LogP contribution in [0.5, 0.6) is 0 Å². The van der Waals surface area contributed by atoms with Gasteiger partial charge in [-0.1, -0.05) is 132 Å². The Labute approximate surface area is 381 Å². The Kier molecular flexibility index (Phi) is 17.7. The molecule has 0 N–H and O–H groups in total. The maximum atomic E-state index is 14.8. The Hall–Kier alpha value is -4.66. The number of Topliss-reactive ketones (excluding diaryl/α,β-unsaturated/α-hetero) is 1. The first-order valence-corrected chi connectivity index (χ1v) is 24.5. The van der Waals surface area contributed by atoms with Crippen LogP contribution in [0.2, 0.25) is 5.04 Å². The van der Waals surface area contributed by atoms with Gasteiger partial charge in [0, 0.05) is 12.5 Å². The number of carbonyl (C=O) groups is 4. The zero-order valence-corrected chi connectivity index (χ0v) is 40.4. The zero-order chi connectivity index (χ0) is 46.8. The third-order valence-corrected chi connectivity index (χ3v) is 17.8. The van der Waals surface area contributed by atoms with Gasteiger partial charge >= 0.3 is 12.2 Å². The van der Waals surface area contributed by atoms with Crippen LogP contribution in [0, 0.1) is 23.7 Å². The normalized spacial score (nSPS) is 22.8. The second-order valence-electron chi connectivity index (χ2n) is 18.9. The second-order valence-corrected chi connectivity index (χ2v) is 23.2. The second kappa shape index (κ2) is 22.5. The largest absolute Gasteiger partial charge is 0.508 e. The minimum atomic E-state index is -2.89. The van der Waals surface area contributed by atoms with Gasteiger partial charge < -0.3 is 33.0 Å². The van der Waals surface area contributed by atoms with E-state index in [1.54, 1.807) is 6.92 Å². The average molecular weight is 899 g/mol. The Balaban J connectivity index is 1.49. The summed E-state index contributed by atoms with van der Waals surface area (Å²) < 4.78 is 37.0. The fourth-order valence-corrected chi connectivity index (χ4v) is 14.3. The molecule has 13 heteroatoms. The number of nitrogens with zero attached hydrogens (tertiary/aromatic N) is 2. The van der Waals surface area contributed by atoms with Crippen LogP contribution in [0.1, 0.15) is 73.3 Å². The van der Waals surface area contributed by atoms with Crippen molar-refractivity contribution in [3.63, 3.8) is 0 Å². The van der Waals surface area contributed by atoms with Crippen LogP contribution in [0.15, 0.2) is 104 Å². The molecular weight excluding hydrogens is 829 g/mol. The van der Waals surface area contributed by atoms with Crippen LogP contribution in [0.3, 0.4) is 0 Å². The molecule has 2 fully saturated rings. The highest BCUT2D eigenvalue weighted by molar-refractivity contribution is 6.99. The predicted molar refractivity (Wildman–Crippen MR) is 250 cm³/mol. The number of likely N-dealkylation sites (N-methyl/N-ethyl adjacent to an activating group) is 1. The number of hydrogen-bond acceptors (Lipinski definition) is 11. The Morgan fingerprint density at radius 2 is 1.52 bits per heavy atom. The molecule has 0 aromatic heterocycles. The topological polar surface area (TPSA) is 130 Å². The Morgan fingerprint density at radius 3 is 2.05 bits per heavy atom. The highest BCUT2D eigenvalue weighted by Crippen LogP contribution is 2.39. The van der Waals surface area contributed by atoms with Crippen molar-refractivity contribution in [3.05, 3.63) is 109 Å². The minimum Gasteiger partial charge on any atom is -0.447 e. The molecule has 64 heavy (non-hydrogen) atoms. The summed E-state index contributed by atoms with van der Waals surface area (Å²) in [5.74, 6) is -3.52. The van der Waals surface area contributed by atoms with Crippen LogP contribution in [0.25, 0.3) is 0 Å². The van der Waals surface area contributed by atoms with Crippen molar-refractivity contribution in [1.29, 1.82) is 0 Å². The SMILES string of the molecule is C=CCC(CC(C)CO[Si](c1ccccc1)(c1ccccc1)C(C)(C)C)C(O[C@@H]1O[C@H](C)C[C@H](N(C)C)[C@H]1OC(=O)OC)C(C)C(=O)C(C)C(=O)N1C(=O)OC[C@H]1Cc1ccccc1. The molecule has 2 aliphatic rings. The van der Waals surface area contributed by atoms with Crippen molar-refractivity contribution in [1.82, 2.24) is 9.80 Å². The van der Waals surface area contributed by atoms with E-state index in [9.17, 15) is 19.2 Å². The zero-order valence-electron chi connectivity index (χ0n) is 39.4. The lowest BCUT2D eigenvalue weighted by Gasteiger charge is -2.45. The number of ether oxygens (including phenoxy) is 5. The quantitative estimate of drug-likeness (QED) is 0.0477. The smallest absolute Gasteiger partial charge is 0.447 e. The summed E-state index contributed by atoms with van der Waals surface area (Å²) in [7, 11) is 2.15. The molecule has 5 unspecified atom stereocenters. The summed E-state index contributed by atoms with van der Waals surface area (Å²) in [5, 5.41) is 2.11. The number of benzene rings is 3. The first-order chi connectivity index (χ1) is 30.4. The number of carbonyl (C=O) groups excluding carboxylic acids is 4. The summed E-state index contributed by atoms with van der Waals surface area (Å²) in [6.07, 6.45) is -1.07. The molecule has 2 saturated heterocycles. The van der Waals surface area contributed by atoms with Gasteiger partial charge in [-0.15, -0.1) is 6.58 Å². The predicted octanol–water partition coefficient (Wildman–Crippen LogP) is 7.81. The van der Waals surface area contributed by atoms with Crippen molar-refractivity contribution >= 4 is 42.6 Å². The van der Waals surface area contributed by atoms with Crippen LogP contribution < -0.4 is 10.4 Å². The highest BCUT2D eigenvalue weighted by atomic mass is 28.4. The van der Waals surface area contributed by atoms with Crippen molar-refractivity contribution in [2.75, 3.05) is 34.4 Å². The standard InChI is InChI=1S/C51H70N2O10Si/c1-12-22-39(29-34(2)32-60-64(51(6,7)8,41-25-18-14-19-26-41)42-27-20-15-21-28-42)45(62-48-46(63-50(57)58-11)43(52(9)10)30-35(3)61-48)36(4)44(54)37(5)47(55)53-40(33-59-49(53)56)31-38-23-16-13-17-24-38/h12-21,23-28,34-37,39-40,43,45-46,48H,1,22,29-33H2,2-11H3/t34?,35-,36?,37?,39?,40-,43+,45?,46-,48+/m1/s1. The maximum Gasteiger partial charge on any atom is 0.508 e. The summed E-state index contributed by atoms with van der Waals surface area (Å²) in [5.41, 5.74) is 0.936. The van der Waals surface area contributed by atoms with E-state index in [1.165, 1.54) is 24.4 Å². The summed E-state index contributed by atoms with van der Waals surface area (Å²) in [6, 6.07) is 29.6. The average Bonchev–Trinajstić information content (AvgIpc) is 3.64. The van der Waals surface area contributed by atoms with Crippen LogP contribution >= 0.6 is 0 Å². The van der Waals surface area contributed by atoms with E-state index < -0.39 is 68.6 Å². The van der Waals surface area contributed by atoms with E-state index in [1.807, 2.05) is 74.5 Å². The summed E-state index contributed by atoms with van der Waals surface area (Å²) >= 11 is 0. The lowest BCUT2D eigenvalue weighted by Crippen LogP contribution is -2.66. The molecule has 0 saturated carbocycles. The summed E-state index contributed by atoms with van der Waals surface area (Å²) in [6.45, 7) is 18.7. The fraction of sp³-hybridized carbons (Fsp3) is 0.529. The number of ketones is 1. The molecule has 3 aromatic carbocycles. The third-order valence-electron chi connectivity index (χ3n) is 12.8. The molecule has 0 aliphatic carbocycles. The molecule has 2 aliphatic heterocycles. The van der Waals surface area contributed by atoms with Crippen molar-refractivity contribution in [2.45, 2.75) is 116 Å². The molecule has 2 amide bonds. The lowest BCUT2D eigenvalue weighted by atomic mass is 9.79. The van der Waals surface area contributed by atoms with Crippen LogP contribution in [0.4, 0.5) is 9.59 Å². The van der Waals surface area contributed by atoms with E-state index in [-0.39, 0.29) is 35.6 Å². The van der Waals surface area contributed by atoms with Crippen molar-refractivity contribution < 1.29 is 47.3 Å². The number of allylic oxidation sites excluding steroid dienone is 1. The third kappa shape index (κ3) is 11.8. The van der Waals surface area contributed by atoms with Crippen molar-refractivity contribution in [2.24, 2.45) is 23.7 Å². The molecule has 10 atom stereocenters. The van der Waals surface area contributed by atoms with Gasteiger partial charge in [-0.3, -0.25) is 9.59 Å².